The van der Waals surface area contributed by atoms with Gasteiger partial charge in [-0.2, -0.15) is 0 Å². The van der Waals surface area contributed by atoms with Crippen molar-refractivity contribution in [1.82, 2.24) is 5.32 Å². The SMILES string of the molecule is CCc1cccc(OC(=O)CNC(=O)c2ccc(NC(C)=O)cc2)c1. The molecule has 2 N–H and O–H groups in total. The highest BCUT2D eigenvalue weighted by Crippen LogP contribution is 2.14. The Balaban J connectivity index is 1.86. The van der Waals surface area contributed by atoms with Crippen molar-refractivity contribution in [2.75, 3.05) is 11.9 Å². The maximum absolute atomic E-state index is 12.0. The van der Waals surface area contributed by atoms with E-state index in [1.807, 2.05) is 19.1 Å². The Kier molecular flexibility index (Phi) is 6.28. The van der Waals surface area contributed by atoms with Gasteiger partial charge in [-0.05, 0) is 48.4 Å². The van der Waals surface area contributed by atoms with Crippen molar-refractivity contribution in [2.24, 2.45) is 0 Å². The second-order valence-corrected chi connectivity index (χ2v) is 5.42. The van der Waals surface area contributed by atoms with E-state index < -0.39 is 11.9 Å². The third-order valence-electron chi connectivity index (χ3n) is 3.40. The number of amides is 2. The second-order valence-electron chi connectivity index (χ2n) is 5.42. The fraction of sp³-hybridized carbons (Fsp3) is 0.211. The first kappa shape index (κ1) is 18.2. The lowest BCUT2D eigenvalue weighted by atomic mass is 10.2. The highest BCUT2D eigenvalue weighted by molar-refractivity contribution is 5.97. The standard InChI is InChI=1S/C19H20N2O4/c1-3-14-5-4-6-17(11-14)25-18(23)12-20-19(24)15-7-9-16(10-8-15)21-13(2)22/h4-11H,3,12H2,1-2H3,(H,20,24)(H,21,22). The molecule has 130 valence electrons. The molecule has 0 aliphatic heterocycles. The van der Waals surface area contributed by atoms with Gasteiger partial charge in [0.25, 0.3) is 5.91 Å². The van der Waals surface area contributed by atoms with Gasteiger partial charge in [0, 0.05) is 18.2 Å². The molecule has 2 amide bonds. The predicted molar refractivity (Wildman–Crippen MR) is 94.5 cm³/mol. The molecule has 0 aromatic heterocycles. The van der Waals surface area contributed by atoms with Crippen LogP contribution in [0.25, 0.3) is 0 Å². The molecular weight excluding hydrogens is 320 g/mol. The molecule has 0 aliphatic carbocycles. The van der Waals surface area contributed by atoms with Crippen LogP contribution in [-0.2, 0) is 16.0 Å². The quantitative estimate of drug-likeness (QED) is 0.625. The second kappa shape index (κ2) is 8.63. The van der Waals surface area contributed by atoms with E-state index in [4.69, 9.17) is 4.74 Å². The van der Waals surface area contributed by atoms with Crippen molar-refractivity contribution >= 4 is 23.5 Å². The van der Waals surface area contributed by atoms with Crippen molar-refractivity contribution < 1.29 is 19.1 Å². The van der Waals surface area contributed by atoms with Crippen LogP contribution in [0.3, 0.4) is 0 Å². The Morgan fingerprint density at radius 3 is 2.40 bits per heavy atom. The number of ether oxygens (including phenoxy) is 1. The first-order valence-electron chi connectivity index (χ1n) is 7.93. The summed E-state index contributed by atoms with van der Waals surface area (Å²) < 4.78 is 5.20. The van der Waals surface area contributed by atoms with Crippen molar-refractivity contribution in [2.45, 2.75) is 20.3 Å². The number of carbonyl (C=O) groups is 3. The minimum absolute atomic E-state index is 0.188. The number of anilines is 1. The van der Waals surface area contributed by atoms with Crippen molar-refractivity contribution in [3.63, 3.8) is 0 Å². The van der Waals surface area contributed by atoms with Gasteiger partial charge in [0.2, 0.25) is 5.91 Å². The van der Waals surface area contributed by atoms with Crippen LogP contribution in [0.4, 0.5) is 5.69 Å². The van der Waals surface area contributed by atoms with Crippen LogP contribution in [0, 0.1) is 0 Å². The topological polar surface area (TPSA) is 84.5 Å². The Hall–Kier alpha value is -3.15. The number of esters is 1. The Labute approximate surface area is 146 Å². The third-order valence-corrected chi connectivity index (χ3v) is 3.40. The van der Waals surface area contributed by atoms with Crippen LogP contribution < -0.4 is 15.4 Å². The fourth-order valence-electron chi connectivity index (χ4n) is 2.16. The number of hydrogen-bond acceptors (Lipinski definition) is 4. The molecule has 2 rings (SSSR count). The van der Waals surface area contributed by atoms with Gasteiger partial charge >= 0.3 is 5.97 Å². The summed E-state index contributed by atoms with van der Waals surface area (Å²) >= 11 is 0. The van der Waals surface area contributed by atoms with E-state index in [9.17, 15) is 14.4 Å². The highest BCUT2D eigenvalue weighted by Gasteiger charge is 2.10. The van der Waals surface area contributed by atoms with Gasteiger partial charge in [-0.15, -0.1) is 0 Å². The molecule has 0 fully saturated rings. The van der Waals surface area contributed by atoms with Gasteiger partial charge in [-0.1, -0.05) is 19.1 Å². The summed E-state index contributed by atoms with van der Waals surface area (Å²) in [5.41, 5.74) is 2.04. The molecule has 6 nitrogen and oxygen atoms in total. The maximum Gasteiger partial charge on any atom is 0.330 e. The van der Waals surface area contributed by atoms with E-state index in [1.165, 1.54) is 6.92 Å². The normalized spacial score (nSPS) is 10.0. The molecular formula is C19H20N2O4. The molecule has 0 atom stereocenters. The molecule has 0 saturated carbocycles. The van der Waals surface area contributed by atoms with Gasteiger partial charge < -0.3 is 15.4 Å². The van der Waals surface area contributed by atoms with Crippen molar-refractivity contribution in [3.8, 4) is 5.75 Å². The summed E-state index contributed by atoms with van der Waals surface area (Å²) in [5, 5.41) is 5.12. The predicted octanol–water partition coefficient (Wildman–Crippen LogP) is 2.54. The largest absolute Gasteiger partial charge is 0.425 e. The summed E-state index contributed by atoms with van der Waals surface area (Å²) in [6, 6.07) is 13.6. The van der Waals surface area contributed by atoms with Crippen LogP contribution >= 0.6 is 0 Å². The van der Waals surface area contributed by atoms with Gasteiger partial charge in [-0.3, -0.25) is 9.59 Å². The van der Waals surface area contributed by atoms with Gasteiger partial charge in [-0.25, -0.2) is 4.79 Å². The van der Waals surface area contributed by atoms with Crippen molar-refractivity contribution in [3.05, 3.63) is 59.7 Å². The molecule has 6 heteroatoms. The first-order chi connectivity index (χ1) is 12.0. The molecule has 0 aliphatic rings. The van der Waals surface area contributed by atoms with E-state index >= 15 is 0 Å². The van der Waals surface area contributed by atoms with Crippen LogP contribution in [0.15, 0.2) is 48.5 Å². The smallest absolute Gasteiger partial charge is 0.330 e. The lowest BCUT2D eigenvalue weighted by Crippen LogP contribution is -2.31. The summed E-state index contributed by atoms with van der Waals surface area (Å²) in [7, 11) is 0. The number of nitrogens with one attached hydrogen (secondary N) is 2. The summed E-state index contributed by atoms with van der Waals surface area (Å²) in [4.78, 5) is 34.8. The molecule has 0 bridgehead atoms. The lowest BCUT2D eigenvalue weighted by molar-refractivity contribution is -0.133. The fourth-order valence-corrected chi connectivity index (χ4v) is 2.16. The minimum Gasteiger partial charge on any atom is -0.425 e. The summed E-state index contributed by atoms with van der Waals surface area (Å²) in [6.07, 6.45) is 0.844. The molecule has 0 unspecified atom stereocenters. The van der Waals surface area contributed by atoms with E-state index in [0.29, 0.717) is 17.0 Å². The minimum atomic E-state index is -0.545. The monoisotopic (exact) mass is 340 g/mol. The zero-order chi connectivity index (χ0) is 18.2. The average molecular weight is 340 g/mol. The number of hydrogen-bond donors (Lipinski definition) is 2. The zero-order valence-corrected chi connectivity index (χ0v) is 14.2. The van der Waals surface area contributed by atoms with Crippen LogP contribution in [0.2, 0.25) is 0 Å². The molecule has 2 aromatic rings. The van der Waals surface area contributed by atoms with E-state index in [-0.39, 0.29) is 12.5 Å². The molecule has 2 aromatic carbocycles. The number of rotatable bonds is 6. The average Bonchev–Trinajstić information content (AvgIpc) is 2.60. The number of benzene rings is 2. The van der Waals surface area contributed by atoms with E-state index in [2.05, 4.69) is 10.6 Å². The van der Waals surface area contributed by atoms with Crippen LogP contribution in [0.5, 0.6) is 5.75 Å². The zero-order valence-electron chi connectivity index (χ0n) is 14.2. The Bertz CT molecular complexity index is 769. The third kappa shape index (κ3) is 5.76. The molecule has 0 heterocycles. The van der Waals surface area contributed by atoms with Crippen molar-refractivity contribution in [1.29, 1.82) is 0 Å². The van der Waals surface area contributed by atoms with Gasteiger partial charge in [0.05, 0.1) is 0 Å². The van der Waals surface area contributed by atoms with Gasteiger partial charge in [0.15, 0.2) is 0 Å². The molecule has 0 spiro atoms. The van der Waals surface area contributed by atoms with Gasteiger partial charge in [0.1, 0.15) is 12.3 Å². The highest BCUT2D eigenvalue weighted by atomic mass is 16.5. The summed E-state index contributed by atoms with van der Waals surface area (Å²) in [5.74, 6) is -0.671. The number of aryl methyl sites for hydroxylation is 1. The summed E-state index contributed by atoms with van der Waals surface area (Å²) in [6.45, 7) is 3.18. The number of carbonyl (C=O) groups excluding carboxylic acids is 3. The van der Waals surface area contributed by atoms with E-state index in [1.54, 1.807) is 36.4 Å². The maximum atomic E-state index is 12.0. The first-order valence-corrected chi connectivity index (χ1v) is 7.93. The van der Waals surface area contributed by atoms with E-state index in [0.717, 1.165) is 12.0 Å². The lowest BCUT2D eigenvalue weighted by Gasteiger charge is -2.08. The molecule has 0 radical (unpaired) electrons. The Morgan fingerprint density at radius 1 is 1.04 bits per heavy atom. The Morgan fingerprint density at radius 2 is 1.76 bits per heavy atom. The van der Waals surface area contributed by atoms with Crippen LogP contribution in [-0.4, -0.2) is 24.3 Å². The van der Waals surface area contributed by atoms with Crippen LogP contribution in [0.1, 0.15) is 29.8 Å². The molecule has 0 saturated heterocycles. The molecule has 25 heavy (non-hydrogen) atoms.